The van der Waals surface area contributed by atoms with E-state index in [2.05, 4.69) is 36.4 Å². The fraction of sp³-hybridized carbons (Fsp3) is 0.444. The molecule has 0 radical (unpaired) electrons. The Balaban J connectivity index is 1.54. The van der Waals surface area contributed by atoms with Gasteiger partial charge in [-0.2, -0.15) is 0 Å². The van der Waals surface area contributed by atoms with Crippen LogP contribution in [0.1, 0.15) is 25.7 Å². The molecule has 0 bridgehead atoms. The fourth-order valence-electron chi connectivity index (χ4n) is 2.44. The first-order valence-corrected chi connectivity index (χ1v) is 7.67. The lowest BCUT2D eigenvalue weighted by molar-refractivity contribution is 0.299. The van der Waals surface area contributed by atoms with Crippen LogP contribution in [0.5, 0.6) is 11.5 Å². The van der Waals surface area contributed by atoms with Gasteiger partial charge in [0.25, 0.3) is 0 Å². The zero-order valence-electron chi connectivity index (χ0n) is 11.7. The first kappa shape index (κ1) is 12.1. The lowest BCUT2D eigenvalue weighted by Crippen LogP contribution is -2.00. The molecule has 0 atom stereocenters. The monoisotopic (exact) mass is 268 g/mol. The van der Waals surface area contributed by atoms with Crippen molar-refractivity contribution in [3.8, 4) is 11.5 Å². The predicted molar refractivity (Wildman–Crippen MR) is 80.4 cm³/mol. The summed E-state index contributed by atoms with van der Waals surface area (Å²) in [6.45, 7) is 1.72. The van der Waals surface area contributed by atoms with Crippen LogP contribution in [0, 0.1) is 11.8 Å². The van der Waals surface area contributed by atoms with Crippen molar-refractivity contribution in [1.82, 2.24) is 0 Å². The molecule has 2 heteroatoms. The smallest absolute Gasteiger partial charge is 0.127 e. The zero-order valence-corrected chi connectivity index (χ0v) is 11.7. The Labute approximate surface area is 119 Å². The van der Waals surface area contributed by atoms with Gasteiger partial charge in [-0.1, -0.05) is 12.1 Å². The van der Waals surface area contributed by atoms with Gasteiger partial charge in [0, 0.05) is 5.39 Å². The molecule has 104 valence electrons. The Morgan fingerprint density at radius 1 is 0.850 bits per heavy atom. The van der Waals surface area contributed by atoms with Gasteiger partial charge in [0.1, 0.15) is 11.5 Å². The van der Waals surface area contributed by atoms with Gasteiger partial charge in [-0.25, -0.2) is 0 Å². The normalized spacial score (nSPS) is 18.2. The van der Waals surface area contributed by atoms with Crippen LogP contribution in [0.4, 0.5) is 0 Å². The van der Waals surface area contributed by atoms with Crippen molar-refractivity contribution in [3.63, 3.8) is 0 Å². The van der Waals surface area contributed by atoms with E-state index in [0.717, 1.165) is 36.5 Å². The van der Waals surface area contributed by atoms with Crippen LogP contribution in [0.2, 0.25) is 0 Å². The molecule has 0 unspecified atom stereocenters. The van der Waals surface area contributed by atoms with E-state index in [4.69, 9.17) is 9.47 Å². The summed E-state index contributed by atoms with van der Waals surface area (Å²) in [5.74, 6) is 3.55. The summed E-state index contributed by atoms with van der Waals surface area (Å²) in [5.41, 5.74) is 0. The van der Waals surface area contributed by atoms with Crippen molar-refractivity contribution in [3.05, 3.63) is 36.4 Å². The molecule has 0 aromatic heterocycles. The van der Waals surface area contributed by atoms with Gasteiger partial charge in [0.2, 0.25) is 0 Å². The highest BCUT2D eigenvalue weighted by Gasteiger charge is 2.23. The molecule has 2 saturated carbocycles. The molecule has 2 aliphatic carbocycles. The minimum Gasteiger partial charge on any atom is -0.493 e. The molecule has 0 aliphatic heterocycles. The van der Waals surface area contributed by atoms with E-state index in [-0.39, 0.29) is 0 Å². The number of fused-ring (bicyclic) bond motifs is 1. The lowest BCUT2D eigenvalue weighted by atomic mass is 10.1. The van der Waals surface area contributed by atoms with E-state index in [1.54, 1.807) is 0 Å². The van der Waals surface area contributed by atoms with Crippen LogP contribution >= 0.6 is 0 Å². The molecule has 0 N–H and O–H groups in total. The number of rotatable bonds is 6. The number of benzene rings is 2. The van der Waals surface area contributed by atoms with E-state index in [9.17, 15) is 0 Å². The maximum absolute atomic E-state index is 5.95. The molecule has 0 heterocycles. The van der Waals surface area contributed by atoms with Crippen LogP contribution in [0.3, 0.4) is 0 Å². The second-order valence-corrected chi connectivity index (χ2v) is 6.15. The second-order valence-electron chi connectivity index (χ2n) is 6.15. The van der Waals surface area contributed by atoms with Gasteiger partial charge in [0.05, 0.1) is 13.2 Å². The van der Waals surface area contributed by atoms with Crippen LogP contribution in [-0.2, 0) is 0 Å². The minimum absolute atomic E-state index is 0.784. The summed E-state index contributed by atoms with van der Waals surface area (Å²) in [6.07, 6.45) is 5.30. The lowest BCUT2D eigenvalue weighted by Gasteiger charge is -2.10. The van der Waals surface area contributed by atoms with Gasteiger partial charge in [-0.15, -0.1) is 0 Å². The Morgan fingerprint density at radius 3 is 2.35 bits per heavy atom. The summed E-state index contributed by atoms with van der Waals surface area (Å²) < 4.78 is 11.8. The topological polar surface area (TPSA) is 18.5 Å². The number of hydrogen-bond donors (Lipinski definition) is 0. The van der Waals surface area contributed by atoms with Crippen molar-refractivity contribution in [2.45, 2.75) is 25.7 Å². The maximum atomic E-state index is 5.95. The van der Waals surface area contributed by atoms with Crippen LogP contribution in [0.25, 0.3) is 10.8 Å². The van der Waals surface area contributed by atoms with Crippen molar-refractivity contribution in [2.75, 3.05) is 13.2 Å². The molecule has 2 aromatic rings. The quantitative estimate of drug-likeness (QED) is 0.772. The Hall–Kier alpha value is -1.70. The maximum Gasteiger partial charge on any atom is 0.127 e. The third-order valence-electron chi connectivity index (χ3n) is 4.17. The SMILES string of the molecule is c1cc(OCC2CC2)c2ccc(OCC3CC3)cc2c1. The van der Waals surface area contributed by atoms with E-state index < -0.39 is 0 Å². The average Bonchev–Trinajstić information content (AvgIpc) is 3.37. The van der Waals surface area contributed by atoms with Gasteiger partial charge < -0.3 is 9.47 Å². The van der Waals surface area contributed by atoms with Crippen molar-refractivity contribution in [1.29, 1.82) is 0 Å². The third-order valence-corrected chi connectivity index (χ3v) is 4.17. The molecule has 2 fully saturated rings. The van der Waals surface area contributed by atoms with Gasteiger partial charge in [-0.05, 0) is 67.2 Å². The number of ether oxygens (including phenoxy) is 2. The third kappa shape index (κ3) is 2.74. The molecule has 20 heavy (non-hydrogen) atoms. The van der Waals surface area contributed by atoms with Gasteiger partial charge in [0.15, 0.2) is 0 Å². The molecule has 0 spiro atoms. The molecule has 0 saturated heterocycles. The molecule has 2 nitrogen and oxygen atoms in total. The second kappa shape index (κ2) is 5.01. The first-order chi connectivity index (χ1) is 9.88. The van der Waals surface area contributed by atoms with Crippen LogP contribution in [0.15, 0.2) is 36.4 Å². The van der Waals surface area contributed by atoms with E-state index in [1.807, 2.05) is 0 Å². The summed E-state index contributed by atoms with van der Waals surface area (Å²) >= 11 is 0. The highest BCUT2D eigenvalue weighted by Crippen LogP contribution is 2.34. The minimum atomic E-state index is 0.784. The van der Waals surface area contributed by atoms with Gasteiger partial charge >= 0.3 is 0 Å². The molecule has 0 amide bonds. The van der Waals surface area contributed by atoms with Crippen LogP contribution in [-0.4, -0.2) is 13.2 Å². The standard InChI is InChI=1S/C18H20O2/c1-2-15-10-16(19-11-13-4-5-13)8-9-17(15)18(3-1)20-12-14-6-7-14/h1-3,8-10,13-14H,4-7,11-12H2. The van der Waals surface area contributed by atoms with Crippen LogP contribution < -0.4 is 9.47 Å². The van der Waals surface area contributed by atoms with E-state index >= 15 is 0 Å². The highest BCUT2D eigenvalue weighted by molar-refractivity contribution is 5.89. The summed E-state index contributed by atoms with van der Waals surface area (Å²) in [6, 6.07) is 12.6. The number of hydrogen-bond acceptors (Lipinski definition) is 2. The van der Waals surface area contributed by atoms with Crippen molar-refractivity contribution < 1.29 is 9.47 Å². The predicted octanol–water partition coefficient (Wildman–Crippen LogP) is 4.42. The Kier molecular flexibility index (Phi) is 3.02. The molecule has 2 aliphatic rings. The summed E-state index contributed by atoms with van der Waals surface area (Å²) in [5, 5.41) is 2.39. The summed E-state index contributed by atoms with van der Waals surface area (Å²) in [4.78, 5) is 0. The Morgan fingerprint density at radius 2 is 1.60 bits per heavy atom. The van der Waals surface area contributed by atoms with E-state index in [1.165, 1.54) is 36.5 Å². The molecule has 2 aromatic carbocycles. The average molecular weight is 268 g/mol. The fourth-order valence-corrected chi connectivity index (χ4v) is 2.44. The molecular weight excluding hydrogens is 248 g/mol. The van der Waals surface area contributed by atoms with Crippen molar-refractivity contribution >= 4 is 10.8 Å². The van der Waals surface area contributed by atoms with Gasteiger partial charge in [-0.3, -0.25) is 0 Å². The first-order valence-electron chi connectivity index (χ1n) is 7.67. The molecular formula is C18H20O2. The Bertz CT molecular complexity index is 612. The largest absolute Gasteiger partial charge is 0.493 e. The molecule has 4 rings (SSSR count). The summed E-state index contributed by atoms with van der Waals surface area (Å²) in [7, 11) is 0. The zero-order chi connectivity index (χ0) is 13.4. The van der Waals surface area contributed by atoms with Crippen molar-refractivity contribution in [2.24, 2.45) is 11.8 Å². The highest BCUT2D eigenvalue weighted by atomic mass is 16.5. The van der Waals surface area contributed by atoms with E-state index in [0.29, 0.717) is 0 Å².